The Kier molecular flexibility index (Phi) is 5.47. The zero-order valence-corrected chi connectivity index (χ0v) is 18.9. The van der Waals surface area contributed by atoms with E-state index in [0.717, 1.165) is 15.8 Å². The number of halogens is 4. The van der Waals surface area contributed by atoms with E-state index in [0.29, 0.717) is 21.8 Å². The van der Waals surface area contributed by atoms with Gasteiger partial charge in [0, 0.05) is 34.6 Å². The van der Waals surface area contributed by atoms with Gasteiger partial charge in [0.05, 0.1) is 22.8 Å². The van der Waals surface area contributed by atoms with Crippen LogP contribution in [-0.4, -0.2) is 65.2 Å². The second kappa shape index (κ2) is 8.26. The zero-order valence-electron chi connectivity index (χ0n) is 18.2. The number of rotatable bonds is 4. The average molecular weight is 506 g/mol. The van der Waals surface area contributed by atoms with Gasteiger partial charge in [-0.1, -0.05) is 17.7 Å². The van der Waals surface area contributed by atoms with Crippen LogP contribution < -0.4 is 10.2 Å². The van der Waals surface area contributed by atoms with Gasteiger partial charge in [-0.3, -0.25) is 19.5 Å². The molecular weight excluding hydrogens is 487 g/mol. The van der Waals surface area contributed by atoms with Crippen molar-refractivity contribution in [2.24, 2.45) is 0 Å². The number of benzene rings is 2. The highest BCUT2D eigenvalue weighted by atomic mass is 35.5. The number of likely N-dealkylation sites (tertiary alicyclic amines) is 1. The number of fused-ring (bicyclic) bond motifs is 3. The molecule has 2 aliphatic heterocycles. The minimum absolute atomic E-state index is 0.0332. The third-order valence-corrected chi connectivity index (χ3v) is 6.76. The molecule has 2 aliphatic rings. The summed E-state index contributed by atoms with van der Waals surface area (Å²) >= 11 is 6.48. The molecule has 8 nitrogen and oxygen atoms in total. The van der Waals surface area contributed by atoms with Crippen molar-refractivity contribution in [2.75, 3.05) is 31.1 Å². The Bertz CT molecular complexity index is 1360. The van der Waals surface area contributed by atoms with Crippen LogP contribution in [0, 0.1) is 0 Å². The van der Waals surface area contributed by atoms with Crippen LogP contribution in [0.1, 0.15) is 22.3 Å². The van der Waals surface area contributed by atoms with Crippen LogP contribution in [0.4, 0.5) is 18.9 Å². The summed E-state index contributed by atoms with van der Waals surface area (Å²) in [6.07, 6.45) is -2.70. The fraction of sp³-hybridized carbons (Fsp3) is 0.304. The van der Waals surface area contributed by atoms with Crippen LogP contribution in [0.5, 0.6) is 0 Å². The SMILES string of the molecule is O=C(CN1C(=O)C2(CCN(C(=O)c3ccc4[nH]ncc4c3)C2)c2c(Cl)cccc21)NCC(F)(F)F. The fourth-order valence-corrected chi connectivity index (χ4v) is 5.21. The molecular formula is C23H19ClF3N5O3. The van der Waals surface area contributed by atoms with Crippen LogP contribution in [0.25, 0.3) is 10.9 Å². The number of anilines is 1. The smallest absolute Gasteiger partial charge is 0.345 e. The number of alkyl halides is 3. The van der Waals surface area contributed by atoms with Gasteiger partial charge < -0.3 is 15.1 Å². The summed E-state index contributed by atoms with van der Waals surface area (Å²) in [5, 5.41) is 9.63. The Morgan fingerprint density at radius 3 is 2.80 bits per heavy atom. The van der Waals surface area contributed by atoms with Crippen molar-refractivity contribution < 1.29 is 27.6 Å². The second-order valence-corrected chi connectivity index (χ2v) is 9.06. The molecule has 0 radical (unpaired) electrons. The molecule has 12 heteroatoms. The van der Waals surface area contributed by atoms with E-state index in [1.807, 2.05) is 0 Å². The fourth-order valence-electron chi connectivity index (χ4n) is 4.86. The largest absolute Gasteiger partial charge is 0.405 e. The summed E-state index contributed by atoms with van der Waals surface area (Å²) < 4.78 is 37.5. The van der Waals surface area contributed by atoms with Crippen LogP contribution in [-0.2, 0) is 15.0 Å². The molecule has 1 atom stereocenters. The number of nitrogens with zero attached hydrogens (tertiary/aromatic N) is 3. The minimum atomic E-state index is -4.57. The van der Waals surface area contributed by atoms with E-state index in [1.165, 1.54) is 0 Å². The third-order valence-electron chi connectivity index (χ3n) is 6.45. The Morgan fingerprint density at radius 2 is 2.03 bits per heavy atom. The lowest BCUT2D eigenvalue weighted by Gasteiger charge is -2.25. The quantitative estimate of drug-likeness (QED) is 0.569. The first-order valence-electron chi connectivity index (χ1n) is 10.8. The first-order chi connectivity index (χ1) is 16.6. The maximum atomic E-state index is 13.6. The van der Waals surface area contributed by atoms with Crippen molar-refractivity contribution in [3.8, 4) is 0 Å². The van der Waals surface area contributed by atoms with Crippen LogP contribution >= 0.6 is 11.6 Å². The molecule has 1 fully saturated rings. The van der Waals surface area contributed by atoms with E-state index >= 15 is 0 Å². The van der Waals surface area contributed by atoms with Gasteiger partial charge in [0.2, 0.25) is 11.8 Å². The van der Waals surface area contributed by atoms with E-state index in [9.17, 15) is 27.6 Å². The highest BCUT2D eigenvalue weighted by molar-refractivity contribution is 6.33. The molecule has 0 saturated carbocycles. The predicted octanol–water partition coefficient (Wildman–Crippen LogP) is 3.03. The van der Waals surface area contributed by atoms with E-state index in [1.54, 1.807) is 52.8 Å². The highest BCUT2D eigenvalue weighted by Crippen LogP contribution is 2.50. The van der Waals surface area contributed by atoms with Crippen molar-refractivity contribution in [1.82, 2.24) is 20.4 Å². The first-order valence-corrected chi connectivity index (χ1v) is 11.1. The number of aromatic nitrogens is 2. The third kappa shape index (κ3) is 3.99. The summed E-state index contributed by atoms with van der Waals surface area (Å²) in [7, 11) is 0. The van der Waals surface area contributed by atoms with Gasteiger partial charge in [-0.25, -0.2) is 0 Å². The molecule has 3 aromatic rings. The lowest BCUT2D eigenvalue weighted by molar-refractivity contribution is -0.138. The van der Waals surface area contributed by atoms with Crippen LogP contribution in [0.15, 0.2) is 42.6 Å². The molecule has 0 bridgehead atoms. The number of hydrogen-bond donors (Lipinski definition) is 2. The van der Waals surface area contributed by atoms with E-state index in [4.69, 9.17) is 11.6 Å². The molecule has 3 amide bonds. The second-order valence-electron chi connectivity index (χ2n) is 8.65. The molecule has 0 aliphatic carbocycles. The molecule has 5 rings (SSSR count). The number of aromatic amines is 1. The van der Waals surface area contributed by atoms with E-state index < -0.39 is 36.5 Å². The van der Waals surface area contributed by atoms with Crippen LogP contribution in [0.2, 0.25) is 5.02 Å². The number of nitrogens with one attached hydrogen (secondary N) is 2. The summed E-state index contributed by atoms with van der Waals surface area (Å²) in [6, 6.07) is 9.94. The summed E-state index contributed by atoms with van der Waals surface area (Å²) in [6.45, 7) is -1.78. The Labute approximate surface area is 202 Å². The van der Waals surface area contributed by atoms with E-state index in [-0.39, 0.29) is 25.4 Å². The van der Waals surface area contributed by atoms with Crippen molar-refractivity contribution in [1.29, 1.82) is 0 Å². The number of hydrogen-bond acceptors (Lipinski definition) is 4. The molecule has 182 valence electrons. The van der Waals surface area contributed by atoms with Gasteiger partial charge in [-0.2, -0.15) is 18.3 Å². The number of H-pyrrole nitrogens is 1. The standard InChI is InChI=1S/C23H19ClF3N5O3/c24-15-2-1-3-17-19(15)22(21(35)32(17)10-18(33)28-11-23(25,26)27)6-7-31(12-22)20(34)13-4-5-16-14(8-13)9-29-30-16/h1-5,8-9H,6-7,10-12H2,(H,28,33)(H,29,30). The lowest BCUT2D eigenvalue weighted by atomic mass is 9.81. The number of carbonyl (C=O) groups excluding carboxylic acids is 3. The molecule has 3 heterocycles. The van der Waals surface area contributed by atoms with Crippen molar-refractivity contribution >= 4 is 45.9 Å². The van der Waals surface area contributed by atoms with Gasteiger partial charge in [-0.15, -0.1) is 0 Å². The molecule has 1 unspecified atom stereocenters. The van der Waals surface area contributed by atoms with Crippen molar-refractivity contribution in [3.05, 3.63) is 58.7 Å². The molecule has 2 aromatic carbocycles. The molecule has 35 heavy (non-hydrogen) atoms. The number of amides is 3. The van der Waals surface area contributed by atoms with Gasteiger partial charge in [0.1, 0.15) is 13.1 Å². The van der Waals surface area contributed by atoms with E-state index in [2.05, 4.69) is 10.2 Å². The molecule has 1 saturated heterocycles. The first kappa shape index (κ1) is 23.2. The number of carbonyl (C=O) groups is 3. The highest BCUT2D eigenvalue weighted by Gasteiger charge is 2.56. The minimum Gasteiger partial charge on any atom is -0.345 e. The summed E-state index contributed by atoms with van der Waals surface area (Å²) in [4.78, 5) is 41.8. The van der Waals surface area contributed by atoms with Gasteiger partial charge in [0.25, 0.3) is 5.91 Å². The molecule has 2 N–H and O–H groups in total. The monoisotopic (exact) mass is 505 g/mol. The van der Waals surface area contributed by atoms with Gasteiger partial charge >= 0.3 is 6.18 Å². The summed E-state index contributed by atoms with van der Waals surface area (Å²) in [5.41, 5.74) is 0.872. The normalized spacial score (nSPS) is 19.6. The Balaban J connectivity index is 1.42. The van der Waals surface area contributed by atoms with Crippen molar-refractivity contribution in [2.45, 2.75) is 18.0 Å². The van der Waals surface area contributed by atoms with Crippen molar-refractivity contribution in [3.63, 3.8) is 0 Å². The Morgan fingerprint density at radius 1 is 1.23 bits per heavy atom. The maximum Gasteiger partial charge on any atom is 0.405 e. The lowest BCUT2D eigenvalue weighted by Crippen LogP contribution is -2.47. The van der Waals surface area contributed by atoms with Gasteiger partial charge in [0.15, 0.2) is 0 Å². The Hall–Kier alpha value is -3.60. The average Bonchev–Trinajstić information content (AvgIpc) is 3.51. The maximum absolute atomic E-state index is 13.6. The predicted molar refractivity (Wildman–Crippen MR) is 121 cm³/mol. The van der Waals surface area contributed by atoms with Gasteiger partial charge in [-0.05, 0) is 36.8 Å². The summed E-state index contributed by atoms with van der Waals surface area (Å²) in [5.74, 6) is -1.69. The van der Waals surface area contributed by atoms with Crippen LogP contribution in [0.3, 0.4) is 0 Å². The molecule has 1 aromatic heterocycles. The molecule has 1 spiro atoms. The topological polar surface area (TPSA) is 98.4 Å². The zero-order chi connectivity index (χ0) is 25.0.